The minimum Gasteiger partial charge on any atom is -0.756 e. The zero-order valence-electron chi connectivity index (χ0n) is 31.5. The topological polar surface area (TPSA) is 117 Å². The quantitative estimate of drug-likeness (QED) is 0.0352. The maximum Gasteiger partial charge on any atom is 2.00 e. The van der Waals surface area contributed by atoms with Crippen molar-refractivity contribution in [3.63, 3.8) is 0 Å². The monoisotopic (exact) mass is 762 g/mol. The molecule has 0 radical (unpaired) electrons. The summed E-state index contributed by atoms with van der Waals surface area (Å²) in [6.07, 6.45) is 32.1. The third kappa shape index (κ3) is 46.8. The molecule has 0 aromatic carbocycles. The van der Waals surface area contributed by atoms with Crippen LogP contribution in [0.15, 0.2) is 0 Å². The van der Waals surface area contributed by atoms with Crippen LogP contribution in [-0.4, -0.2) is 26.4 Å². The van der Waals surface area contributed by atoms with Crippen molar-refractivity contribution in [1.82, 2.24) is 0 Å². The van der Waals surface area contributed by atoms with Gasteiger partial charge in [0.1, 0.15) is 0 Å². The Labute approximate surface area is 305 Å². The van der Waals surface area contributed by atoms with Gasteiger partial charge in [-0.05, 0) is 25.7 Å². The van der Waals surface area contributed by atoms with Crippen LogP contribution < -0.4 is 9.79 Å². The average molecular weight is 764 g/mol. The summed E-state index contributed by atoms with van der Waals surface area (Å²) in [5.74, 6) is 0. The second kappa shape index (κ2) is 41.3. The average Bonchev–Trinajstić information content (AvgIpc) is 3.02. The number of phosphoric ester groups is 2. The maximum atomic E-state index is 11.6. The van der Waals surface area contributed by atoms with Gasteiger partial charge in [-0.3, -0.25) is 9.13 Å². The van der Waals surface area contributed by atoms with E-state index in [0.29, 0.717) is 0 Å². The molecule has 8 nitrogen and oxygen atoms in total. The van der Waals surface area contributed by atoms with Crippen molar-refractivity contribution in [2.45, 2.75) is 207 Å². The van der Waals surface area contributed by atoms with Crippen LogP contribution in [0.1, 0.15) is 207 Å². The fraction of sp³-hybridized carbons (Fsp3) is 1.00. The van der Waals surface area contributed by atoms with Gasteiger partial charge >= 0.3 is 19.5 Å². The van der Waals surface area contributed by atoms with E-state index in [9.17, 15) is 18.9 Å². The van der Waals surface area contributed by atoms with E-state index in [0.717, 1.165) is 77.0 Å². The van der Waals surface area contributed by atoms with E-state index in [1.165, 1.54) is 103 Å². The minimum absolute atomic E-state index is 0. The molecular weight excluding hydrogens is 688 g/mol. The van der Waals surface area contributed by atoms with Crippen molar-refractivity contribution in [3.05, 3.63) is 0 Å². The van der Waals surface area contributed by atoms with Crippen molar-refractivity contribution >= 4 is 15.6 Å². The Morgan fingerprint density at radius 1 is 0.319 bits per heavy atom. The molecule has 0 aliphatic carbocycles. The molecule has 11 heteroatoms. The molecule has 0 rings (SSSR count). The third-order valence-corrected chi connectivity index (χ3v) is 9.98. The van der Waals surface area contributed by atoms with E-state index >= 15 is 0 Å². The molecule has 280 valence electrons. The molecule has 0 saturated heterocycles. The van der Waals surface area contributed by atoms with Gasteiger partial charge < -0.3 is 27.9 Å². The van der Waals surface area contributed by atoms with Gasteiger partial charge in [-0.2, -0.15) is 0 Å². The van der Waals surface area contributed by atoms with Crippen LogP contribution in [0, 0.1) is 0 Å². The first-order chi connectivity index (χ1) is 22.2. The van der Waals surface area contributed by atoms with Gasteiger partial charge in [0.2, 0.25) is 0 Å². The zero-order chi connectivity index (χ0) is 34.5. The van der Waals surface area contributed by atoms with Gasteiger partial charge in [-0.15, -0.1) is 0 Å². The van der Waals surface area contributed by atoms with E-state index in [1.54, 1.807) is 0 Å². The van der Waals surface area contributed by atoms with E-state index in [-0.39, 0.29) is 45.9 Å². The van der Waals surface area contributed by atoms with E-state index in [4.69, 9.17) is 18.1 Å². The van der Waals surface area contributed by atoms with Crippen LogP contribution in [0.25, 0.3) is 0 Å². The predicted molar refractivity (Wildman–Crippen MR) is 191 cm³/mol. The summed E-state index contributed by atoms with van der Waals surface area (Å²) in [5.41, 5.74) is 0. The third-order valence-electron chi connectivity index (χ3n) is 7.99. The Morgan fingerprint density at radius 3 is 0.638 bits per heavy atom. The van der Waals surface area contributed by atoms with Gasteiger partial charge in [-0.1, -0.05) is 182 Å². The van der Waals surface area contributed by atoms with Crippen molar-refractivity contribution in [2.75, 3.05) is 26.4 Å². The summed E-state index contributed by atoms with van der Waals surface area (Å²) in [6.45, 7) is 9.82. The SMILES string of the molecule is CCCCCCCCCOP(=O)([O-])OCCCCCCCCC.CCCCCCCCCOP(=O)([O-])OCCCCCCCCC.[Zn+2]. The maximum absolute atomic E-state index is 11.6. The number of hydrogen-bond acceptors (Lipinski definition) is 8. The molecule has 0 aromatic heterocycles. The van der Waals surface area contributed by atoms with Crippen LogP contribution in [-0.2, 0) is 46.7 Å². The second-order valence-corrected chi connectivity index (χ2v) is 15.5. The molecule has 0 fully saturated rings. The van der Waals surface area contributed by atoms with Gasteiger partial charge in [0.25, 0.3) is 15.6 Å². The molecule has 0 N–H and O–H groups in total. The molecule has 0 bridgehead atoms. The van der Waals surface area contributed by atoms with E-state index < -0.39 is 15.6 Å². The van der Waals surface area contributed by atoms with Crippen molar-refractivity contribution in [1.29, 1.82) is 0 Å². The van der Waals surface area contributed by atoms with Crippen LogP contribution in [0.2, 0.25) is 0 Å². The first-order valence-electron chi connectivity index (χ1n) is 19.4. The van der Waals surface area contributed by atoms with Crippen LogP contribution in [0.5, 0.6) is 0 Å². The molecule has 0 aliphatic heterocycles. The van der Waals surface area contributed by atoms with Crippen LogP contribution in [0.4, 0.5) is 0 Å². The molecule has 0 unspecified atom stereocenters. The fourth-order valence-corrected chi connectivity index (χ4v) is 6.58. The Morgan fingerprint density at radius 2 is 0.468 bits per heavy atom. The van der Waals surface area contributed by atoms with Crippen molar-refractivity contribution in [3.8, 4) is 0 Å². The molecule has 0 heterocycles. The number of hydrogen-bond donors (Lipinski definition) is 0. The molecule has 0 atom stereocenters. The molecular formula is C36H76O8P2Zn. The molecule has 0 saturated carbocycles. The Balaban J connectivity index is -0.000000807. The summed E-state index contributed by atoms with van der Waals surface area (Å²) >= 11 is 0. The standard InChI is InChI=1S/2C18H39O4P.Zn/c2*1-3-5-7-9-11-13-15-17-21-23(19,20)22-18-16-14-12-10-8-6-4-2;/h2*3-18H2,1-2H3,(H,19,20);/q;;+2/p-2. The second-order valence-electron chi connectivity index (χ2n) is 12.7. The van der Waals surface area contributed by atoms with Crippen LogP contribution in [0.3, 0.4) is 0 Å². The zero-order valence-corrected chi connectivity index (χ0v) is 36.3. The Bertz CT molecular complexity index is 583. The number of unbranched alkanes of at least 4 members (excludes halogenated alkanes) is 24. The minimum atomic E-state index is -4.07. The van der Waals surface area contributed by atoms with Gasteiger partial charge in [0.05, 0.1) is 26.4 Å². The summed E-state index contributed by atoms with van der Waals surface area (Å²) in [6, 6.07) is 0. The largest absolute Gasteiger partial charge is 2.00 e. The van der Waals surface area contributed by atoms with Gasteiger partial charge in [0, 0.05) is 0 Å². The Hall–Kier alpha value is 0.843. The normalized spacial score (nSPS) is 11.7. The molecule has 0 aromatic rings. The Kier molecular flexibility index (Phi) is 45.8. The summed E-state index contributed by atoms with van der Waals surface area (Å²) in [7, 11) is -8.15. The smallest absolute Gasteiger partial charge is 0.756 e. The van der Waals surface area contributed by atoms with E-state index in [2.05, 4.69) is 27.7 Å². The summed E-state index contributed by atoms with van der Waals surface area (Å²) in [4.78, 5) is 23.1. The summed E-state index contributed by atoms with van der Waals surface area (Å²) < 4.78 is 42.7. The number of phosphoric acid groups is 2. The molecule has 0 amide bonds. The van der Waals surface area contributed by atoms with Gasteiger partial charge in [0.15, 0.2) is 0 Å². The van der Waals surface area contributed by atoms with Crippen LogP contribution >= 0.6 is 15.6 Å². The molecule has 0 spiro atoms. The van der Waals surface area contributed by atoms with E-state index in [1.807, 2.05) is 0 Å². The first-order valence-corrected chi connectivity index (χ1v) is 22.4. The fourth-order valence-electron chi connectivity index (χ4n) is 5.02. The molecule has 0 aliphatic rings. The predicted octanol–water partition coefficient (Wildman–Crippen LogP) is 12.0. The van der Waals surface area contributed by atoms with Gasteiger partial charge in [-0.25, -0.2) is 0 Å². The summed E-state index contributed by atoms with van der Waals surface area (Å²) in [5, 5.41) is 0. The first kappa shape index (κ1) is 52.2. The molecule has 47 heavy (non-hydrogen) atoms. The van der Waals surface area contributed by atoms with Crippen molar-refractivity contribution < 1.29 is 56.5 Å². The number of rotatable bonds is 36. The van der Waals surface area contributed by atoms with Crippen molar-refractivity contribution in [2.24, 2.45) is 0 Å².